The lowest BCUT2D eigenvalue weighted by atomic mass is 10.2. The lowest BCUT2D eigenvalue weighted by Gasteiger charge is -2.27. The van der Waals surface area contributed by atoms with E-state index >= 15 is 0 Å². The van der Waals surface area contributed by atoms with Crippen molar-refractivity contribution in [2.45, 2.75) is 31.9 Å². The first-order chi connectivity index (χ1) is 12.5. The fourth-order valence-electron chi connectivity index (χ4n) is 3.10. The van der Waals surface area contributed by atoms with Crippen LogP contribution in [0.3, 0.4) is 0 Å². The maximum absolute atomic E-state index is 12.5. The van der Waals surface area contributed by atoms with Gasteiger partial charge in [-0.25, -0.2) is 0 Å². The summed E-state index contributed by atoms with van der Waals surface area (Å²) in [4.78, 5) is 16.2. The first-order valence-corrected chi connectivity index (χ1v) is 10.3. The summed E-state index contributed by atoms with van der Waals surface area (Å²) >= 11 is 13.7. The third kappa shape index (κ3) is 4.92. The molecule has 3 rings (SSSR count). The van der Waals surface area contributed by atoms with Crippen molar-refractivity contribution in [2.75, 3.05) is 19.6 Å². The monoisotopic (exact) mass is 412 g/mol. The molecule has 7 heteroatoms. The average molecular weight is 413 g/mol. The summed E-state index contributed by atoms with van der Waals surface area (Å²) in [6.07, 6.45) is 1.78. The van der Waals surface area contributed by atoms with Crippen molar-refractivity contribution in [1.29, 1.82) is 0 Å². The van der Waals surface area contributed by atoms with Crippen LogP contribution in [-0.4, -0.2) is 36.5 Å². The summed E-state index contributed by atoms with van der Waals surface area (Å²) in [6, 6.07) is 9.36. The molecule has 1 N–H and O–H groups in total. The van der Waals surface area contributed by atoms with Crippen molar-refractivity contribution in [1.82, 2.24) is 10.2 Å². The van der Waals surface area contributed by atoms with Crippen LogP contribution in [0.15, 0.2) is 35.7 Å². The smallest absolute Gasteiger partial charge is 0.260 e. The Labute approximate surface area is 168 Å². The number of hydrogen-bond acceptors (Lipinski definition) is 4. The van der Waals surface area contributed by atoms with Crippen molar-refractivity contribution in [3.05, 3.63) is 50.6 Å². The van der Waals surface area contributed by atoms with E-state index in [1.807, 2.05) is 0 Å². The molecule has 2 heterocycles. The largest absolute Gasteiger partial charge is 0.479 e. The van der Waals surface area contributed by atoms with E-state index in [4.69, 9.17) is 27.9 Å². The Balaban J connectivity index is 1.59. The SMILES string of the molecule is C[C@@H](Oc1ccc(Cl)cc1Cl)C(=O)NC[C@@H](c1cccs1)N1CCCC1. The van der Waals surface area contributed by atoms with E-state index in [2.05, 4.69) is 27.7 Å². The number of thiophene rings is 1. The van der Waals surface area contributed by atoms with E-state index in [0.29, 0.717) is 22.3 Å². The van der Waals surface area contributed by atoms with Gasteiger partial charge in [0.1, 0.15) is 5.75 Å². The third-order valence-corrected chi connectivity index (χ3v) is 5.99. The van der Waals surface area contributed by atoms with Crippen LogP contribution in [-0.2, 0) is 4.79 Å². The second-order valence-corrected chi connectivity index (χ2v) is 8.18. The number of carbonyl (C=O) groups is 1. The van der Waals surface area contributed by atoms with Gasteiger partial charge in [-0.3, -0.25) is 9.69 Å². The molecule has 1 amide bonds. The molecule has 0 bridgehead atoms. The molecule has 1 aromatic heterocycles. The van der Waals surface area contributed by atoms with E-state index in [1.165, 1.54) is 17.7 Å². The Hall–Kier alpha value is -1.27. The first-order valence-electron chi connectivity index (χ1n) is 8.71. The highest BCUT2D eigenvalue weighted by Crippen LogP contribution is 2.29. The van der Waals surface area contributed by atoms with Crippen LogP contribution in [0, 0.1) is 0 Å². The van der Waals surface area contributed by atoms with Gasteiger partial charge < -0.3 is 10.1 Å². The van der Waals surface area contributed by atoms with Crippen molar-refractivity contribution in [3.8, 4) is 5.75 Å². The number of carbonyl (C=O) groups excluding carboxylic acids is 1. The van der Waals surface area contributed by atoms with Gasteiger partial charge in [0.2, 0.25) is 0 Å². The van der Waals surface area contributed by atoms with Crippen LogP contribution in [0.4, 0.5) is 0 Å². The summed E-state index contributed by atoms with van der Waals surface area (Å²) in [5.74, 6) is 0.296. The Morgan fingerprint density at radius 3 is 2.73 bits per heavy atom. The van der Waals surface area contributed by atoms with Crippen LogP contribution >= 0.6 is 34.5 Å². The van der Waals surface area contributed by atoms with Crippen molar-refractivity contribution >= 4 is 40.4 Å². The van der Waals surface area contributed by atoms with Gasteiger partial charge >= 0.3 is 0 Å². The Morgan fingerprint density at radius 1 is 1.31 bits per heavy atom. The molecule has 0 spiro atoms. The van der Waals surface area contributed by atoms with E-state index in [-0.39, 0.29) is 11.9 Å². The lowest BCUT2D eigenvalue weighted by molar-refractivity contribution is -0.127. The summed E-state index contributed by atoms with van der Waals surface area (Å²) in [6.45, 7) is 4.44. The Morgan fingerprint density at radius 2 is 2.08 bits per heavy atom. The molecule has 0 unspecified atom stereocenters. The second kappa shape index (κ2) is 9.09. The normalized spacial score (nSPS) is 17.0. The molecule has 4 nitrogen and oxygen atoms in total. The van der Waals surface area contributed by atoms with Gasteiger partial charge in [0, 0.05) is 16.4 Å². The molecule has 2 atom stereocenters. The average Bonchev–Trinajstić information content (AvgIpc) is 3.31. The van der Waals surface area contributed by atoms with Crippen LogP contribution in [0.1, 0.15) is 30.7 Å². The predicted octanol–water partition coefficient (Wildman–Crippen LogP) is 4.78. The maximum Gasteiger partial charge on any atom is 0.260 e. The van der Waals surface area contributed by atoms with E-state index in [1.54, 1.807) is 36.5 Å². The third-order valence-electron chi connectivity index (χ3n) is 4.49. The highest BCUT2D eigenvalue weighted by molar-refractivity contribution is 7.10. The van der Waals surface area contributed by atoms with Gasteiger partial charge in [0.15, 0.2) is 6.10 Å². The molecule has 0 aliphatic carbocycles. The Kier molecular flexibility index (Phi) is 6.81. The quantitative estimate of drug-likeness (QED) is 0.711. The number of benzene rings is 1. The zero-order valence-electron chi connectivity index (χ0n) is 14.6. The molecule has 1 fully saturated rings. The maximum atomic E-state index is 12.5. The van der Waals surface area contributed by atoms with Crippen LogP contribution in [0.5, 0.6) is 5.75 Å². The molecule has 26 heavy (non-hydrogen) atoms. The molecule has 1 aromatic carbocycles. The van der Waals surface area contributed by atoms with E-state index in [0.717, 1.165) is 13.1 Å². The number of nitrogens with zero attached hydrogens (tertiary/aromatic N) is 1. The lowest BCUT2D eigenvalue weighted by Crippen LogP contribution is -2.41. The fraction of sp³-hybridized carbons (Fsp3) is 0.421. The van der Waals surface area contributed by atoms with Gasteiger partial charge in [0.05, 0.1) is 11.1 Å². The van der Waals surface area contributed by atoms with E-state index in [9.17, 15) is 4.79 Å². The molecule has 140 valence electrons. The molecule has 2 aromatic rings. The predicted molar refractivity (Wildman–Crippen MR) is 107 cm³/mol. The van der Waals surface area contributed by atoms with Gasteiger partial charge in [-0.2, -0.15) is 0 Å². The van der Waals surface area contributed by atoms with Crippen molar-refractivity contribution in [2.24, 2.45) is 0 Å². The van der Waals surface area contributed by atoms with E-state index < -0.39 is 6.10 Å². The van der Waals surface area contributed by atoms with Gasteiger partial charge in [0.25, 0.3) is 5.91 Å². The zero-order valence-corrected chi connectivity index (χ0v) is 16.9. The van der Waals surface area contributed by atoms with Gasteiger partial charge in [-0.1, -0.05) is 29.3 Å². The zero-order chi connectivity index (χ0) is 18.5. The Bertz CT molecular complexity index is 733. The molecular weight excluding hydrogens is 391 g/mol. The second-order valence-electron chi connectivity index (χ2n) is 6.35. The minimum Gasteiger partial charge on any atom is -0.479 e. The molecule has 1 saturated heterocycles. The standard InChI is InChI=1S/C19H22Cl2N2O2S/c1-13(25-17-7-6-14(20)11-15(17)21)19(24)22-12-16(18-5-4-10-26-18)23-8-2-3-9-23/h4-7,10-11,13,16H,2-3,8-9,12H2,1H3,(H,22,24)/t13-,16+/m1/s1. The number of likely N-dealkylation sites (tertiary alicyclic amines) is 1. The fourth-order valence-corrected chi connectivity index (χ4v) is 4.41. The van der Waals surface area contributed by atoms with Crippen LogP contribution in [0.25, 0.3) is 0 Å². The van der Waals surface area contributed by atoms with Gasteiger partial charge in [-0.05, 0) is 62.5 Å². The number of hydrogen-bond donors (Lipinski definition) is 1. The van der Waals surface area contributed by atoms with Crippen molar-refractivity contribution in [3.63, 3.8) is 0 Å². The molecule has 0 saturated carbocycles. The van der Waals surface area contributed by atoms with Crippen LogP contribution in [0.2, 0.25) is 10.0 Å². The minimum absolute atomic E-state index is 0.156. The highest BCUT2D eigenvalue weighted by atomic mass is 35.5. The summed E-state index contributed by atoms with van der Waals surface area (Å²) in [7, 11) is 0. The molecule has 0 radical (unpaired) electrons. The van der Waals surface area contributed by atoms with Crippen molar-refractivity contribution < 1.29 is 9.53 Å². The summed E-state index contributed by atoms with van der Waals surface area (Å²) < 4.78 is 5.70. The number of ether oxygens (including phenoxy) is 1. The highest BCUT2D eigenvalue weighted by Gasteiger charge is 2.26. The molecular formula is C19H22Cl2N2O2S. The first kappa shape index (κ1) is 19.5. The molecule has 1 aliphatic rings. The van der Waals surface area contributed by atoms with Crippen LogP contribution < -0.4 is 10.1 Å². The number of nitrogens with one attached hydrogen (secondary N) is 1. The number of halogens is 2. The number of amides is 1. The summed E-state index contributed by atoms with van der Waals surface area (Å²) in [5.41, 5.74) is 0. The minimum atomic E-state index is -0.642. The number of rotatable bonds is 7. The van der Waals surface area contributed by atoms with Gasteiger partial charge in [-0.15, -0.1) is 11.3 Å². The topological polar surface area (TPSA) is 41.6 Å². The molecule has 1 aliphatic heterocycles. The summed E-state index contributed by atoms with van der Waals surface area (Å²) in [5, 5.41) is 6.03.